The number of ether oxygens (including phenoxy) is 1. The van der Waals surface area contributed by atoms with Gasteiger partial charge in [-0.25, -0.2) is 4.79 Å². The van der Waals surface area contributed by atoms with E-state index in [4.69, 9.17) is 4.74 Å². The fourth-order valence-corrected chi connectivity index (χ4v) is 5.23. The van der Waals surface area contributed by atoms with E-state index < -0.39 is 5.54 Å². The lowest BCUT2D eigenvalue weighted by Crippen LogP contribution is -2.53. The van der Waals surface area contributed by atoms with Crippen LogP contribution >= 0.6 is 0 Å². The lowest BCUT2D eigenvalue weighted by Gasteiger charge is -2.42. The van der Waals surface area contributed by atoms with E-state index in [1.165, 1.54) is 4.90 Å². The molecule has 2 aliphatic heterocycles. The molecule has 5 rings (SSSR count). The molecule has 2 aliphatic rings. The Kier molecular flexibility index (Phi) is 5.16. The number of H-pyrrole nitrogens is 1. The summed E-state index contributed by atoms with van der Waals surface area (Å²) in [5, 5.41) is 1.05. The van der Waals surface area contributed by atoms with E-state index in [0.29, 0.717) is 26.1 Å². The third kappa shape index (κ3) is 3.30. The standard InChI is InChI=1S/C26H30N4O3/c1-5-33-18-11-12-21-19(15-18)20-16-26(2)24(31)29(14-13-28(3)4)25(32)30(26)23(22(20)27-21)17-9-7-6-8-10-17/h6-12,15,23,27H,5,13-14,16H2,1-4H3. The Labute approximate surface area is 193 Å². The lowest BCUT2D eigenvalue weighted by atomic mass is 9.81. The largest absolute Gasteiger partial charge is 0.494 e. The molecule has 33 heavy (non-hydrogen) atoms. The maximum Gasteiger partial charge on any atom is 0.328 e. The summed E-state index contributed by atoms with van der Waals surface area (Å²) in [6, 6.07) is 15.4. The van der Waals surface area contributed by atoms with Crippen molar-refractivity contribution in [2.24, 2.45) is 0 Å². The first kappa shape index (κ1) is 21.5. The number of fused-ring (bicyclic) bond motifs is 4. The van der Waals surface area contributed by atoms with Crippen LogP contribution in [0.1, 0.15) is 36.7 Å². The van der Waals surface area contributed by atoms with Gasteiger partial charge < -0.3 is 14.6 Å². The predicted molar refractivity (Wildman–Crippen MR) is 127 cm³/mol. The van der Waals surface area contributed by atoms with E-state index in [0.717, 1.165) is 33.5 Å². The van der Waals surface area contributed by atoms with E-state index in [1.54, 1.807) is 4.90 Å². The summed E-state index contributed by atoms with van der Waals surface area (Å²) in [4.78, 5) is 36.2. The molecule has 1 saturated heterocycles. The molecule has 7 nitrogen and oxygen atoms in total. The topological polar surface area (TPSA) is 68.9 Å². The van der Waals surface area contributed by atoms with Gasteiger partial charge in [-0.15, -0.1) is 0 Å². The van der Waals surface area contributed by atoms with Gasteiger partial charge in [-0.2, -0.15) is 0 Å². The van der Waals surface area contributed by atoms with E-state index in [2.05, 4.69) is 4.98 Å². The molecule has 2 aromatic carbocycles. The quantitative estimate of drug-likeness (QED) is 0.585. The molecule has 0 radical (unpaired) electrons. The highest BCUT2D eigenvalue weighted by atomic mass is 16.5. The van der Waals surface area contributed by atoms with Crippen molar-refractivity contribution in [1.29, 1.82) is 0 Å². The number of nitrogens with one attached hydrogen (secondary N) is 1. The molecule has 7 heteroatoms. The minimum atomic E-state index is -0.951. The number of carbonyl (C=O) groups excluding carboxylic acids is 2. The van der Waals surface area contributed by atoms with Crippen molar-refractivity contribution in [1.82, 2.24) is 19.7 Å². The van der Waals surface area contributed by atoms with Crippen LogP contribution in [0.3, 0.4) is 0 Å². The fourth-order valence-electron chi connectivity index (χ4n) is 5.23. The number of urea groups is 1. The smallest absolute Gasteiger partial charge is 0.328 e. The number of carbonyl (C=O) groups is 2. The molecule has 172 valence electrons. The monoisotopic (exact) mass is 446 g/mol. The van der Waals surface area contributed by atoms with Crippen LogP contribution in [0.2, 0.25) is 0 Å². The highest BCUT2D eigenvalue weighted by Gasteiger charge is 2.60. The Hall–Kier alpha value is -3.32. The Balaban J connectivity index is 1.69. The van der Waals surface area contributed by atoms with Gasteiger partial charge in [0.2, 0.25) is 0 Å². The van der Waals surface area contributed by atoms with E-state index in [1.807, 2.05) is 81.4 Å². The van der Waals surface area contributed by atoms with Crippen LogP contribution in [0.15, 0.2) is 48.5 Å². The van der Waals surface area contributed by atoms with Crippen molar-refractivity contribution in [3.05, 3.63) is 65.4 Å². The number of imide groups is 1. The van der Waals surface area contributed by atoms with Crippen LogP contribution in [0.25, 0.3) is 10.9 Å². The van der Waals surface area contributed by atoms with Crippen molar-refractivity contribution >= 4 is 22.8 Å². The zero-order valence-corrected chi connectivity index (χ0v) is 19.6. The minimum absolute atomic E-state index is 0.128. The third-order valence-electron chi connectivity index (χ3n) is 6.83. The van der Waals surface area contributed by atoms with Crippen LogP contribution in [0, 0.1) is 0 Å². The molecule has 1 aromatic heterocycles. The molecule has 0 saturated carbocycles. The number of benzene rings is 2. The molecule has 3 amide bonds. The van der Waals surface area contributed by atoms with Crippen molar-refractivity contribution < 1.29 is 14.3 Å². The van der Waals surface area contributed by atoms with Crippen LogP contribution in [0.4, 0.5) is 4.79 Å². The van der Waals surface area contributed by atoms with E-state index in [9.17, 15) is 9.59 Å². The van der Waals surface area contributed by atoms with Crippen LogP contribution in [-0.2, 0) is 11.2 Å². The van der Waals surface area contributed by atoms with Crippen molar-refractivity contribution in [3.8, 4) is 5.75 Å². The van der Waals surface area contributed by atoms with Crippen molar-refractivity contribution in [3.63, 3.8) is 0 Å². The summed E-state index contributed by atoms with van der Waals surface area (Å²) in [5.41, 5.74) is 3.07. The Morgan fingerprint density at radius 3 is 2.61 bits per heavy atom. The average Bonchev–Trinajstić information content (AvgIpc) is 3.24. The van der Waals surface area contributed by atoms with Crippen LogP contribution in [-0.4, -0.2) is 71.0 Å². The lowest BCUT2D eigenvalue weighted by molar-refractivity contribution is -0.133. The molecule has 0 bridgehead atoms. The summed E-state index contributed by atoms with van der Waals surface area (Å²) < 4.78 is 5.75. The van der Waals surface area contributed by atoms with Gasteiger partial charge in [0.15, 0.2) is 0 Å². The Morgan fingerprint density at radius 1 is 1.15 bits per heavy atom. The highest BCUT2D eigenvalue weighted by molar-refractivity contribution is 6.08. The number of likely N-dealkylation sites (N-methyl/N-ethyl adjacent to an activating group) is 1. The molecule has 3 aromatic rings. The second-order valence-electron chi connectivity index (χ2n) is 9.33. The summed E-state index contributed by atoms with van der Waals surface area (Å²) in [7, 11) is 3.89. The molecule has 0 spiro atoms. The van der Waals surface area contributed by atoms with Crippen molar-refractivity contribution in [2.75, 3.05) is 33.8 Å². The van der Waals surface area contributed by atoms with E-state index in [-0.39, 0.29) is 18.0 Å². The first-order chi connectivity index (χ1) is 15.8. The summed E-state index contributed by atoms with van der Waals surface area (Å²) in [6.07, 6.45) is 0.463. The van der Waals surface area contributed by atoms with Gasteiger partial charge in [0.05, 0.1) is 6.61 Å². The van der Waals surface area contributed by atoms with E-state index >= 15 is 0 Å². The van der Waals surface area contributed by atoms with Gasteiger partial charge >= 0.3 is 6.03 Å². The summed E-state index contributed by atoms with van der Waals surface area (Å²) >= 11 is 0. The second-order valence-corrected chi connectivity index (χ2v) is 9.33. The Morgan fingerprint density at radius 2 is 1.91 bits per heavy atom. The SMILES string of the molecule is CCOc1ccc2[nH]c3c(c2c1)CC1(C)C(=O)N(CCN(C)C)C(=O)N1C3c1ccccc1. The average molecular weight is 447 g/mol. The van der Waals surface area contributed by atoms with Gasteiger partial charge in [0.1, 0.15) is 17.3 Å². The number of nitrogens with zero attached hydrogens (tertiary/aromatic N) is 3. The first-order valence-electron chi connectivity index (χ1n) is 11.5. The van der Waals surface area contributed by atoms with Crippen LogP contribution < -0.4 is 4.74 Å². The summed E-state index contributed by atoms with van der Waals surface area (Å²) in [5.74, 6) is 0.674. The van der Waals surface area contributed by atoms with Gasteiger partial charge in [-0.05, 0) is 57.3 Å². The molecule has 1 N–H and O–H groups in total. The molecule has 0 aliphatic carbocycles. The normalized spacial score (nSPS) is 22.3. The zero-order valence-electron chi connectivity index (χ0n) is 19.6. The number of amides is 3. The minimum Gasteiger partial charge on any atom is -0.494 e. The van der Waals surface area contributed by atoms with Crippen LogP contribution in [0.5, 0.6) is 5.75 Å². The molecular weight excluding hydrogens is 416 g/mol. The number of hydrogen-bond acceptors (Lipinski definition) is 4. The fraction of sp³-hybridized carbons (Fsp3) is 0.385. The van der Waals surface area contributed by atoms with Crippen molar-refractivity contribution in [2.45, 2.75) is 31.8 Å². The van der Waals surface area contributed by atoms with Gasteiger partial charge in [-0.1, -0.05) is 30.3 Å². The predicted octanol–water partition coefficient (Wildman–Crippen LogP) is 3.80. The van der Waals surface area contributed by atoms with Gasteiger partial charge in [0, 0.05) is 36.1 Å². The molecule has 2 atom stereocenters. The van der Waals surface area contributed by atoms with Gasteiger partial charge in [0.25, 0.3) is 5.91 Å². The molecule has 3 heterocycles. The highest BCUT2D eigenvalue weighted by Crippen LogP contribution is 2.48. The Bertz CT molecular complexity index is 1220. The molecule has 1 fully saturated rings. The molecule has 2 unspecified atom stereocenters. The first-order valence-corrected chi connectivity index (χ1v) is 11.5. The number of aromatic nitrogens is 1. The maximum atomic E-state index is 13.7. The third-order valence-corrected chi connectivity index (χ3v) is 6.83. The summed E-state index contributed by atoms with van der Waals surface area (Å²) in [6.45, 7) is 5.47. The second kappa shape index (κ2) is 7.92. The molecular formula is C26H30N4O3. The number of hydrogen-bond donors (Lipinski definition) is 1. The number of aromatic amines is 1. The van der Waals surface area contributed by atoms with Gasteiger partial charge in [-0.3, -0.25) is 14.6 Å². The zero-order chi connectivity index (χ0) is 23.3. The maximum absolute atomic E-state index is 13.7. The number of rotatable bonds is 6.